The summed E-state index contributed by atoms with van der Waals surface area (Å²) >= 11 is 1.71. The lowest BCUT2D eigenvalue weighted by Crippen LogP contribution is -2.10. The van der Waals surface area contributed by atoms with Gasteiger partial charge in [0.2, 0.25) is 0 Å². The normalized spacial score (nSPS) is 13.6. The molecule has 1 aliphatic rings. The summed E-state index contributed by atoms with van der Waals surface area (Å²) in [6.45, 7) is 0.325. The van der Waals surface area contributed by atoms with Crippen molar-refractivity contribution >= 4 is 33.3 Å². The minimum absolute atomic E-state index is 0.0400. The van der Waals surface area contributed by atoms with Crippen LogP contribution in [0.3, 0.4) is 0 Å². The Morgan fingerprint density at radius 2 is 2.12 bits per heavy atom. The summed E-state index contributed by atoms with van der Waals surface area (Å²) in [4.78, 5) is 30.8. The Kier molecular flexibility index (Phi) is 4.27. The number of thiophene rings is 1. The van der Waals surface area contributed by atoms with Gasteiger partial charge in [-0.05, 0) is 31.2 Å². The van der Waals surface area contributed by atoms with Crippen LogP contribution in [-0.2, 0) is 17.6 Å². The number of fused-ring (bicyclic) bond motifs is 3. The maximum absolute atomic E-state index is 10.8. The predicted octanol–water partition coefficient (Wildman–Crippen LogP) is 2.91. The van der Waals surface area contributed by atoms with E-state index in [1.807, 2.05) is 0 Å². The van der Waals surface area contributed by atoms with Crippen LogP contribution in [0.15, 0.2) is 18.6 Å². The van der Waals surface area contributed by atoms with Gasteiger partial charge in [0, 0.05) is 23.8 Å². The van der Waals surface area contributed by atoms with E-state index in [9.17, 15) is 4.79 Å². The minimum atomic E-state index is -0.834. The van der Waals surface area contributed by atoms with Gasteiger partial charge >= 0.3 is 5.97 Å². The maximum Gasteiger partial charge on any atom is 0.305 e. The second-order valence-electron chi connectivity index (χ2n) is 5.95. The van der Waals surface area contributed by atoms with Gasteiger partial charge in [-0.3, -0.25) is 9.78 Å². The second-order valence-corrected chi connectivity index (χ2v) is 7.03. The van der Waals surface area contributed by atoms with Crippen LogP contribution in [-0.4, -0.2) is 37.6 Å². The molecule has 0 atom stereocenters. The molecule has 1 aliphatic carbocycles. The average Bonchev–Trinajstić information content (AvgIpc) is 3.00. The molecule has 0 amide bonds. The highest BCUT2D eigenvalue weighted by atomic mass is 32.1. The number of aryl methyl sites for hydroxylation is 2. The summed E-state index contributed by atoms with van der Waals surface area (Å²) in [5.74, 6) is 0.377. The third-order valence-electron chi connectivity index (χ3n) is 4.24. The Bertz CT molecular complexity index is 926. The zero-order valence-corrected chi connectivity index (χ0v) is 14.3. The summed E-state index contributed by atoms with van der Waals surface area (Å²) in [6.07, 6.45) is 9.36. The van der Waals surface area contributed by atoms with Crippen molar-refractivity contribution in [3.05, 3.63) is 29.0 Å². The number of hydrogen-bond donors (Lipinski definition) is 2. The molecule has 0 aliphatic heterocycles. The molecule has 0 radical (unpaired) electrons. The molecule has 8 heteroatoms. The van der Waals surface area contributed by atoms with Crippen LogP contribution >= 0.6 is 11.3 Å². The summed E-state index contributed by atoms with van der Waals surface area (Å²) < 4.78 is 0. The first-order valence-corrected chi connectivity index (χ1v) is 9.08. The largest absolute Gasteiger partial charge is 0.481 e. The molecule has 0 bridgehead atoms. The molecule has 0 saturated heterocycles. The molecule has 0 spiro atoms. The van der Waals surface area contributed by atoms with Crippen LogP contribution in [0.2, 0.25) is 0 Å². The molecule has 0 fully saturated rings. The highest BCUT2D eigenvalue weighted by molar-refractivity contribution is 7.19. The first-order valence-electron chi connectivity index (χ1n) is 8.26. The topological polar surface area (TPSA) is 101 Å². The number of rotatable bonds is 5. The molecule has 3 aromatic rings. The van der Waals surface area contributed by atoms with Crippen LogP contribution in [0.1, 0.15) is 29.7 Å². The van der Waals surface area contributed by atoms with Crippen molar-refractivity contribution < 1.29 is 9.90 Å². The number of carbonyl (C=O) groups is 1. The second kappa shape index (κ2) is 6.72. The zero-order valence-electron chi connectivity index (χ0n) is 13.5. The lowest BCUT2D eigenvalue weighted by atomic mass is 9.97. The minimum Gasteiger partial charge on any atom is -0.481 e. The van der Waals surface area contributed by atoms with Crippen molar-refractivity contribution in [2.75, 3.05) is 11.9 Å². The van der Waals surface area contributed by atoms with E-state index in [-0.39, 0.29) is 6.42 Å². The standard InChI is InChI=1S/C17H17N5O2S/c23-13(24)5-6-20-16-14-10-3-1-2-4-12(10)25-17(14)22-15(21-16)11-9-18-7-8-19-11/h7-9H,1-6H2,(H,23,24)(H,20,21,22). The number of hydrogen-bond acceptors (Lipinski definition) is 7. The van der Waals surface area contributed by atoms with Gasteiger partial charge in [-0.25, -0.2) is 15.0 Å². The van der Waals surface area contributed by atoms with Crippen LogP contribution in [0.4, 0.5) is 5.82 Å². The number of aliphatic carboxylic acids is 1. The van der Waals surface area contributed by atoms with Crippen LogP contribution in [0.25, 0.3) is 21.7 Å². The van der Waals surface area contributed by atoms with Crippen LogP contribution < -0.4 is 5.32 Å². The van der Waals surface area contributed by atoms with Crippen molar-refractivity contribution in [1.82, 2.24) is 19.9 Å². The Morgan fingerprint density at radius 1 is 1.24 bits per heavy atom. The van der Waals surface area contributed by atoms with Crippen molar-refractivity contribution in [3.63, 3.8) is 0 Å². The van der Waals surface area contributed by atoms with E-state index in [1.54, 1.807) is 29.9 Å². The monoisotopic (exact) mass is 355 g/mol. The van der Waals surface area contributed by atoms with E-state index < -0.39 is 5.97 Å². The number of carboxylic acids is 1. The molecule has 2 N–H and O–H groups in total. The number of aromatic nitrogens is 4. The highest BCUT2D eigenvalue weighted by Gasteiger charge is 2.21. The van der Waals surface area contributed by atoms with E-state index in [1.165, 1.54) is 23.3 Å². The fraction of sp³-hybridized carbons (Fsp3) is 0.353. The van der Waals surface area contributed by atoms with Crippen molar-refractivity contribution in [2.45, 2.75) is 32.1 Å². The molecular formula is C17H17N5O2S. The zero-order chi connectivity index (χ0) is 17.2. The fourth-order valence-corrected chi connectivity index (χ4v) is 4.36. The number of nitrogens with one attached hydrogen (secondary N) is 1. The summed E-state index contributed by atoms with van der Waals surface area (Å²) in [5.41, 5.74) is 1.92. The van der Waals surface area contributed by atoms with Crippen molar-refractivity contribution in [3.8, 4) is 11.5 Å². The Hall–Kier alpha value is -2.61. The SMILES string of the molecule is O=C(O)CCNc1nc(-c2cnccn2)nc2sc3c(c12)CCCC3. The van der Waals surface area contributed by atoms with Gasteiger partial charge in [0.05, 0.1) is 18.0 Å². The third kappa shape index (κ3) is 3.17. The van der Waals surface area contributed by atoms with Gasteiger partial charge in [0.1, 0.15) is 16.3 Å². The lowest BCUT2D eigenvalue weighted by Gasteiger charge is -2.13. The van der Waals surface area contributed by atoms with E-state index in [2.05, 4.69) is 20.3 Å². The van der Waals surface area contributed by atoms with Gasteiger partial charge < -0.3 is 10.4 Å². The third-order valence-corrected chi connectivity index (χ3v) is 5.42. The maximum atomic E-state index is 10.8. The highest BCUT2D eigenvalue weighted by Crippen LogP contribution is 2.39. The van der Waals surface area contributed by atoms with E-state index in [0.29, 0.717) is 23.9 Å². The van der Waals surface area contributed by atoms with E-state index >= 15 is 0 Å². The Balaban J connectivity index is 1.82. The Morgan fingerprint density at radius 3 is 2.92 bits per heavy atom. The molecule has 3 heterocycles. The number of carboxylic acid groups (broad SMARTS) is 1. The molecule has 25 heavy (non-hydrogen) atoms. The van der Waals surface area contributed by atoms with Crippen LogP contribution in [0, 0.1) is 0 Å². The van der Waals surface area contributed by atoms with Gasteiger partial charge in [0.25, 0.3) is 0 Å². The predicted molar refractivity (Wildman–Crippen MR) is 95.8 cm³/mol. The first kappa shape index (κ1) is 15.9. The van der Waals surface area contributed by atoms with Gasteiger partial charge in [-0.1, -0.05) is 0 Å². The molecular weight excluding hydrogens is 338 g/mol. The fourth-order valence-electron chi connectivity index (χ4n) is 3.10. The van der Waals surface area contributed by atoms with Crippen LogP contribution in [0.5, 0.6) is 0 Å². The van der Waals surface area contributed by atoms with E-state index in [0.717, 1.165) is 23.1 Å². The van der Waals surface area contributed by atoms with E-state index in [4.69, 9.17) is 10.1 Å². The smallest absolute Gasteiger partial charge is 0.305 e. The summed E-state index contributed by atoms with van der Waals surface area (Å²) in [6, 6.07) is 0. The first-order chi connectivity index (χ1) is 12.2. The van der Waals surface area contributed by atoms with Crippen molar-refractivity contribution in [1.29, 1.82) is 0 Å². The van der Waals surface area contributed by atoms with Crippen molar-refractivity contribution in [2.24, 2.45) is 0 Å². The van der Waals surface area contributed by atoms with Gasteiger partial charge in [-0.15, -0.1) is 11.3 Å². The number of nitrogens with zero attached hydrogens (tertiary/aromatic N) is 4. The van der Waals surface area contributed by atoms with Gasteiger partial charge in [0.15, 0.2) is 5.82 Å². The Labute approximate surface area is 148 Å². The molecule has 128 valence electrons. The molecule has 4 rings (SSSR count). The lowest BCUT2D eigenvalue weighted by molar-refractivity contribution is -0.136. The molecule has 0 saturated carbocycles. The average molecular weight is 355 g/mol. The summed E-state index contributed by atoms with van der Waals surface area (Å²) in [5, 5.41) is 13.1. The molecule has 0 unspecified atom stereocenters. The molecule has 7 nitrogen and oxygen atoms in total. The molecule has 0 aromatic carbocycles. The van der Waals surface area contributed by atoms with Gasteiger partial charge in [-0.2, -0.15) is 0 Å². The number of anilines is 1. The summed E-state index contributed by atoms with van der Waals surface area (Å²) in [7, 11) is 0. The molecule has 3 aromatic heterocycles. The quantitative estimate of drug-likeness (QED) is 0.725.